The maximum atomic E-state index is 13.0. The molecule has 146 valence electrons. The van der Waals surface area contributed by atoms with Gasteiger partial charge >= 0.3 is 5.97 Å². The number of aryl methyl sites for hydroxylation is 2. The highest BCUT2D eigenvalue weighted by atomic mass is 19.1. The molecule has 0 bridgehead atoms. The predicted octanol–water partition coefficient (Wildman–Crippen LogP) is 3.62. The molecular weight excluding hydrogens is 365 g/mol. The molecule has 28 heavy (non-hydrogen) atoms. The van der Waals surface area contributed by atoms with E-state index in [1.165, 1.54) is 37.3 Å². The summed E-state index contributed by atoms with van der Waals surface area (Å²) in [4.78, 5) is 24.6. The van der Waals surface area contributed by atoms with Crippen molar-refractivity contribution in [2.75, 3.05) is 5.32 Å². The summed E-state index contributed by atoms with van der Waals surface area (Å²) >= 11 is 0. The van der Waals surface area contributed by atoms with E-state index < -0.39 is 18.0 Å². The first-order chi connectivity index (χ1) is 13.3. The maximum absolute atomic E-state index is 13.0. The van der Waals surface area contributed by atoms with Gasteiger partial charge in [0, 0.05) is 12.6 Å². The number of nitrogens with zero attached hydrogens (tertiary/aromatic N) is 2. The minimum Gasteiger partial charge on any atom is -0.449 e. The van der Waals surface area contributed by atoms with E-state index in [0.717, 1.165) is 5.69 Å². The van der Waals surface area contributed by atoms with Gasteiger partial charge in [0.25, 0.3) is 5.91 Å². The fraction of sp³-hybridized carbons (Fsp3) is 0.250. The third-order valence-electron chi connectivity index (χ3n) is 4.35. The van der Waals surface area contributed by atoms with Crippen LogP contribution in [0.25, 0.3) is 11.3 Å². The Balaban J connectivity index is 1.65. The molecule has 1 amide bonds. The lowest BCUT2D eigenvalue weighted by Gasteiger charge is -2.13. The second-order valence-corrected chi connectivity index (χ2v) is 6.38. The first-order valence-electron chi connectivity index (χ1n) is 8.64. The molecule has 1 atom stereocenters. The number of ether oxygens (including phenoxy) is 1. The predicted molar refractivity (Wildman–Crippen MR) is 100 cm³/mol. The van der Waals surface area contributed by atoms with Gasteiger partial charge in [0.1, 0.15) is 11.6 Å². The second-order valence-electron chi connectivity index (χ2n) is 6.38. The fourth-order valence-corrected chi connectivity index (χ4v) is 2.67. The van der Waals surface area contributed by atoms with E-state index in [1.54, 1.807) is 24.7 Å². The average molecular weight is 385 g/mol. The van der Waals surface area contributed by atoms with Crippen LogP contribution in [0.1, 0.15) is 28.9 Å². The molecule has 3 aromatic rings. The van der Waals surface area contributed by atoms with Gasteiger partial charge in [0.15, 0.2) is 6.10 Å². The molecule has 1 N–H and O–H groups in total. The van der Waals surface area contributed by atoms with Crippen LogP contribution < -0.4 is 5.32 Å². The number of nitrogens with one attached hydrogen (secondary N) is 1. The quantitative estimate of drug-likeness (QED) is 0.678. The van der Waals surface area contributed by atoms with Crippen LogP contribution in [0.2, 0.25) is 0 Å². The second kappa shape index (κ2) is 7.67. The van der Waals surface area contributed by atoms with Crippen molar-refractivity contribution in [3.8, 4) is 11.3 Å². The lowest BCUT2D eigenvalue weighted by atomic mass is 10.2. The lowest BCUT2D eigenvalue weighted by molar-refractivity contribution is -0.123. The molecule has 2 heterocycles. The Kier molecular flexibility index (Phi) is 5.30. The van der Waals surface area contributed by atoms with Crippen molar-refractivity contribution >= 4 is 17.6 Å². The minimum absolute atomic E-state index is 0.0484. The van der Waals surface area contributed by atoms with Crippen LogP contribution >= 0.6 is 0 Å². The summed E-state index contributed by atoms with van der Waals surface area (Å²) < 4.78 is 25.3. The zero-order chi connectivity index (χ0) is 20.4. The summed E-state index contributed by atoms with van der Waals surface area (Å²) in [6, 6.07) is 8.70. The molecule has 0 fully saturated rings. The van der Waals surface area contributed by atoms with Crippen LogP contribution in [-0.2, 0) is 16.6 Å². The molecule has 1 aromatic carbocycles. The van der Waals surface area contributed by atoms with E-state index in [2.05, 4.69) is 10.4 Å². The number of anilines is 1. The third-order valence-corrected chi connectivity index (χ3v) is 4.35. The number of carbonyl (C=O) groups is 2. The van der Waals surface area contributed by atoms with Crippen molar-refractivity contribution in [3.63, 3.8) is 0 Å². The summed E-state index contributed by atoms with van der Waals surface area (Å²) in [5.41, 5.74) is 2.67. The van der Waals surface area contributed by atoms with Gasteiger partial charge in [0.2, 0.25) is 5.76 Å². The highest BCUT2D eigenvalue weighted by molar-refractivity contribution is 5.97. The molecule has 0 aliphatic rings. The van der Waals surface area contributed by atoms with Gasteiger partial charge in [0.05, 0.1) is 17.1 Å². The molecule has 0 radical (unpaired) electrons. The van der Waals surface area contributed by atoms with E-state index in [1.807, 2.05) is 6.92 Å². The van der Waals surface area contributed by atoms with Crippen molar-refractivity contribution in [2.24, 2.45) is 7.05 Å². The maximum Gasteiger partial charge on any atom is 0.375 e. The van der Waals surface area contributed by atoms with Gasteiger partial charge in [-0.3, -0.25) is 9.48 Å². The van der Waals surface area contributed by atoms with Crippen LogP contribution in [0.15, 0.2) is 40.8 Å². The number of furan rings is 1. The molecule has 0 spiro atoms. The van der Waals surface area contributed by atoms with Crippen molar-refractivity contribution < 1.29 is 23.1 Å². The number of benzene rings is 1. The number of halogens is 1. The van der Waals surface area contributed by atoms with Gasteiger partial charge in [-0.2, -0.15) is 5.10 Å². The van der Waals surface area contributed by atoms with E-state index >= 15 is 0 Å². The Morgan fingerprint density at radius 1 is 1.18 bits per heavy atom. The van der Waals surface area contributed by atoms with E-state index in [4.69, 9.17) is 9.15 Å². The van der Waals surface area contributed by atoms with Crippen LogP contribution in [0.4, 0.5) is 10.1 Å². The molecule has 2 aromatic heterocycles. The SMILES string of the molecule is Cc1nn(C)c(C)c1NC(=O)[C@@H](C)OC(=O)c1ccc(-c2ccc(F)cc2)o1. The normalized spacial score (nSPS) is 11.9. The number of aromatic nitrogens is 2. The monoisotopic (exact) mass is 385 g/mol. The Labute approximate surface area is 161 Å². The van der Waals surface area contributed by atoms with E-state index in [9.17, 15) is 14.0 Å². The highest BCUT2D eigenvalue weighted by Crippen LogP contribution is 2.23. The van der Waals surface area contributed by atoms with Crippen molar-refractivity contribution in [1.29, 1.82) is 0 Å². The summed E-state index contributed by atoms with van der Waals surface area (Å²) in [6.45, 7) is 5.07. The van der Waals surface area contributed by atoms with Gasteiger partial charge < -0.3 is 14.5 Å². The zero-order valence-electron chi connectivity index (χ0n) is 15.9. The van der Waals surface area contributed by atoms with Gasteiger partial charge in [-0.25, -0.2) is 9.18 Å². The molecule has 3 rings (SSSR count). The summed E-state index contributed by atoms with van der Waals surface area (Å²) in [5.74, 6) is -1.26. The van der Waals surface area contributed by atoms with Crippen molar-refractivity contribution in [3.05, 3.63) is 59.4 Å². The van der Waals surface area contributed by atoms with Crippen LogP contribution in [0, 0.1) is 19.7 Å². The smallest absolute Gasteiger partial charge is 0.375 e. The number of esters is 1. The van der Waals surface area contributed by atoms with Crippen LogP contribution in [0.3, 0.4) is 0 Å². The Morgan fingerprint density at radius 3 is 2.46 bits per heavy atom. The third kappa shape index (κ3) is 3.95. The number of amides is 1. The number of rotatable bonds is 5. The molecule has 0 saturated heterocycles. The number of hydrogen-bond donors (Lipinski definition) is 1. The van der Waals surface area contributed by atoms with Gasteiger partial charge in [-0.15, -0.1) is 0 Å². The molecule has 7 nitrogen and oxygen atoms in total. The Morgan fingerprint density at radius 2 is 1.86 bits per heavy atom. The number of carbonyl (C=O) groups excluding carboxylic acids is 2. The van der Waals surface area contributed by atoms with Gasteiger partial charge in [-0.05, 0) is 57.2 Å². The molecule has 0 unspecified atom stereocenters. The lowest BCUT2D eigenvalue weighted by Crippen LogP contribution is -2.30. The van der Waals surface area contributed by atoms with Crippen molar-refractivity contribution in [2.45, 2.75) is 26.9 Å². The van der Waals surface area contributed by atoms with Gasteiger partial charge in [-0.1, -0.05) is 0 Å². The summed E-state index contributed by atoms with van der Waals surface area (Å²) in [5, 5.41) is 6.95. The minimum atomic E-state index is -1.04. The molecular formula is C20H20FN3O4. The number of hydrogen-bond acceptors (Lipinski definition) is 5. The standard InChI is InChI=1S/C20H20FN3O4/c1-11-18(12(2)24(4)23-11)22-19(25)13(3)27-20(26)17-10-9-16(28-17)14-5-7-15(21)8-6-14/h5-10,13H,1-4H3,(H,22,25)/t13-/m1/s1. The fourth-order valence-electron chi connectivity index (χ4n) is 2.67. The molecule has 0 aliphatic heterocycles. The molecule has 8 heteroatoms. The van der Waals surface area contributed by atoms with Crippen LogP contribution in [0.5, 0.6) is 0 Å². The Hall–Kier alpha value is -3.42. The first-order valence-corrected chi connectivity index (χ1v) is 8.64. The van der Waals surface area contributed by atoms with E-state index in [-0.39, 0.29) is 11.6 Å². The van der Waals surface area contributed by atoms with E-state index in [0.29, 0.717) is 22.7 Å². The molecule has 0 aliphatic carbocycles. The average Bonchev–Trinajstić information content (AvgIpc) is 3.23. The molecule has 0 saturated carbocycles. The topological polar surface area (TPSA) is 86.4 Å². The van der Waals surface area contributed by atoms with Crippen LogP contribution in [-0.4, -0.2) is 27.8 Å². The van der Waals surface area contributed by atoms with Crippen molar-refractivity contribution in [1.82, 2.24) is 9.78 Å². The Bertz CT molecular complexity index is 1020. The highest BCUT2D eigenvalue weighted by Gasteiger charge is 2.23. The summed E-state index contributed by atoms with van der Waals surface area (Å²) in [6.07, 6.45) is -1.04. The zero-order valence-corrected chi connectivity index (χ0v) is 15.9. The first kappa shape index (κ1) is 19.3. The largest absolute Gasteiger partial charge is 0.449 e. The summed E-state index contributed by atoms with van der Waals surface area (Å²) in [7, 11) is 1.77.